The minimum Gasteiger partial charge on any atom is -0.281 e. The molecule has 0 amide bonds. The zero-order valence-electron chi connectivity index (χ0n) is 15.1. The summed E-state index contributed by atoms with van der Waals surface area (Å²) in [6, 6.07) is 4.91. The van der Waals surface area contributed by atoms with Crippen molar-refractivity contribution in [2.45, 2.75) is 36.6 Å². The quantitative estimate of drug-likeness (QED) is 0.828. The smallest absolute Gasteiger partial charge is 0.247 e. The Morgan fingerprint density at radius 3 is 2.38 bits per heavy atom. The van der Waals surface area contributed by atoms with Crippen LogP contribution in [0.4, 0.5) is 0 Å². The van der Waals surface area contributed by atoms with Crippen LogP contribution in [-0.2, 0) is 33.0 Å². The molecule has 2 aromatic rings. The molecule has 0 saturated heterocycles. The Morgan fingerprint density at radius 1 is 1.12 bits per heavy atom. The lowest BCUT2D eigenvalue weighted by Crippen LogP contribution is -2.36. The van der Waals surface area contributed by atoms with E-state index in [9.17, 15) is 16.8 Å². The number of sulfonamides is 2. The number of hydrogen-bond acceptors (Lipinski definition) is 5. The lowest BCUT2D eigenvalue weighted by molar-refractivity contribution is 0.390. The molecule has 26 heavy (non-hydrogen) atoms. The molecule has 2 heterocycles. The van der Waals surface area contributed by atoms with Gasteiger partial charge in [-0.1, -0.05) is 6.07 Å². The molecule has 0 aliphatic carbocycles. The maximum absolute atomic E-state index is 13.0. The second-order valence-electron chi connectivity index (χ2n) is 6.57. The molecule has 1 aliphatic heterocycles. The number of nitrogens with one attached hydrogen (secondary N) is 1. The van der Waals surface area contributed by atoms with Gasteiger partial charge in [-0.3, -0.25) is 5.10 Å². The van der Waals surface area contributed by atoms with Crippen LogP contribution in [0.3, 0.4) is 0 Å². The predicted molar refractivity (Wildman–Crippen MR) is 96.7 cm³/mol. The van der Waals surface area contributed by atoms with Crippen LogP contribution < -0.4 is 0 Å². The van der Waals surface area contributed by atoms with E-state index >= 15 is 0 Å². The topological polar surface area (TPSA) is 103 Å². The van der Waals surface area contributed by atoms with Crippen LogP contribution in [0.15, 0.2) is 28.0 Å². The Morgan fingerprint density at radius 2 is 1.81 bits per heavy atom. The van der Waals surface area contributed by atoms with Crippen molar-refractivity contribution in [2.24, 2.45) is 0 Å². The molecule has 0 saturated carbocycles. The first-order valence-corrected chi connectivity index (χ1v) is 11.0. The summed E-state index contributed by atoms with van der Waals surface area (Å²) in [5.74, 6) is 0. The Kier molecular flexibility index (Phi) is 4.72. The van der Waals surface area contributed by atoms with Gasteiger partial charge in [-0.25, -0.2) is 21.1 Å². The van der Waals surface area contributed by atoms with Crippen LogP contribution in [0, 0.1) is 13.8 Å². The average molecular weight is 399 g/mol. The van der Waals surface area contributed by atoms with Crippen molar-refractivity contribution < 1.29 is 16.8 Å². The molecule has 0 radical (unpaired) electrons. The molecule has 1 aliphatic rings. The van der Waals surface area contributed by atoms with Crippen molar-refractivity contribution in [3.05, 3.63) is 40.7 Å². The van der Waals surface area contributed by atoms with Crippen LogP contribution in [0.25, 0.3) is 0 Å². The van der Waals surface area contributed by atoms with E-state index in [1.165, 1.54) is 18.4 Å². The van der Waals surface area contributed by atoms with Crippen LogP contribution in [-0.4, -0.2) is 56.3 Å². The number of fused-ring (bicyclic) bond motifs is 1. The summed E-state index contributed by atoms with van der Waals surface area (Å²) in [6.07, 6.45) is 0.535. The average Bonchev–Trinajstić information content (AvgIpc) is 2.92. The molecule has 0 bridgehead atoms. The van der Waals surface area contributed by atoms with E-state index in [0.29, 0.717) is 29.9 Å². The summed E-state index contributed by atoms with van der Waals surface area (Å²) in [7, 11) is -4.34. The second-order valence-corrected chi connectivity index (χ2v) is 10.6. The van der Waals surface area contributed by atoms with Gasteiger partial charge >= 0.3 is 0 Å². The van der Waals surface area contributed by atoms with E-state index < -0.39 is 20.0 Å². The Balaban J connectivity index is 1.99. The summed E-state index contributed by atoms with van der Waals surface area (Å²) < 4.78 is 53.3. The van der Waals surface area contributed by atoms with E-state index in [2.05, 4.69) is 10.2 Å². The van der Waals surface area contributed by atoms with Gasteiger partial charge in [0.2, 0.25) is 20.0 Å². The molecule has 10 heteroatoms. The van der Waals surface area contributed by atoms with Gasteiger partial charge in [0.05, 0.1) is 16.3 Å². The number of aromatic amines is 1. The first-order chi connectivity index (χ1) is 12.0. The summed E-state index contributed by atoms with van der Waals surface area (Å²) >= 11 is 0. The fourth-order valence-corrected chi connectivity index (χ4v) is 5.84. The van der Waals surface area contributed by atoms with Crippen molar-refractivity contribution in [1.29, 1.82) is 0 Å². The van der Waals surface area contributed by atoms with Crippen LogP contribution in [0.5, 0.6) is 0 Å². The zero-order chi connectivity index (χ0) is 19.3. The van der Waals surface area contributed by atoms with Crippen molar-refractivity contribution in [1.82, 2.24) is 18.8 Å². The van der Waals surface area contributed by atoms with Gasteiger partial charge < -0.3 is 0 Å². The highest BCUT2D eigenvalue weighted by atomic mass is 32.2. The maximum atomic E-state index is 13.0. The van der Waals surface area contributed by atoms with E-state index in [-0.39, 0.29) is 16.3 Å². The number of benzene rings is 1. The lowest BCUT2D eigenvalue weighted by Gasteiger charge is -2.28. The van der Waals surface area contributed by atoms with Crippen LogP contribution >= 0.6 is 0 Å². The molecule has 0 spiro atoms. The van der Waals surface area contributed by atoms with Crippen LogP contribution in [0.1, 0.15) is 22.5 Å². The van der Waals surface area contributed by atoms with Gasteiger partial charge in [-0.15, -0.1) is 0 Å². The first kappa shape index (κ1) is 19.0. The molecule has 1 aromatic heterocycles. The largest absolute Gasteiger partial charge is 0.281 e. The lowest BCUT2D eigenvalue weighted by atomic mass is 10.0. The minimum absolute atomic E-state index is 0.137. The summed E-state index contributed by atoms with van der Waals surface area (Å²) in [5.41, 5.74) is 2.60. The molecule has 3 rings (SSSR count). The summed E-state index contributed by atoms with van der Waals surface area (Å²) in [5, 5.41) is 6.67. The van der Waals surface area contributed by atoms with Crippen molar-refractivity contribution in [3.63, 3.8) is 0 Å². The monoisotopic (exact) mass is 398 g/mol. The highest BCUT2D eigenvalue weighted by Gasteiger charge is 2.32. The molecule has 0 unspecified atom stereocenters. The third-order valence-corrected chi connectivity index (χ3v) is 8.51. The van der Waals surface area contributed by atoms with E-state index in [4.69, 9.17) is 0 Å². The van der Waals surface area contributed by atoms with Crippen molar-refractivity contribution in [3.8, 4) is 0 Å². The molecule has 0 atom stereocenters. The number of H-pyrrole nitrogens is 1. The van der Waals surface area contributed by atoms with Crippen molar-refractivity contribution in [2.75, 3.05) is 20.6 Å². The molecule has 142 valence electrons. The maximum Gasteiger partial charge on any atom is 0.247 e. The number of nitrogens with zero attached hydrogens (tertiary/aromatic N) is 3. The number of hydrogen-bond donors (Lipinski definition) is 1. The molecule has 1 N–H and O–H groups in total. The van der Waals surface area contributed by atoms with Crippen LogP contribution in [0.2, 0.25) is 0 Å². The zero-order valence-corrected chi connectivity index (χ0v) is 16.8. The Hall–Kier alpha value is -1.75. The van der Waals surface area contributed by atoms with Gasteiger partial charge in [0.25, 0.3) is 0 Å². The van der Waals surface area contributed by atoms with Crippen molar-refractivity contribution >= 4 is 20.0 Å². The van der Waals surface area contributed by atoms with E-state index in [1.54, 1.807) is 32.0 Å². The molecular formula is C16H22N4O4S2. The fraction of sp³-hybridized carbons (Fsp3) is 0.438. The molecule has 1 aromatic carbocycles. The number of aromatic nitrogens is 2. The Bertz CT molecular complexity index is 1040. The van der Waals surface area contributed by atoms with Gasteiger partial charge in [-0.05, 0) is 43.5 Å². The summed E-state index contributed by atoms with van der Waals surface area (Å²) in [6.45, 7) is 3.81. The standard InChI is InChI=1S/C16H22N4O4S2/c1-11-16(12(2)18-17-11)26(23,24)20-8-7-13-5-6-15(9-14(13)10-20)25(21,22)19(3)4/h5-6,9H,7-8,10H2,1-4H3,(H,17,18). The highest BCUT2D eigenvalue weighted by Crippen LogP contribution is 2.29. The van der Waals surface area contributed by atoms with Gasteiger partial charge in [-0.2, -0.15) is 9.40 Å². The minimum atomic E-state index is -3.71. The SMILES string of the molecule is Cc1n[nH]c(C)c1S(=O)(=O)N1CCc2ccc(S(=O)(=O)N(C)C)cc2C1. The number of rotatable bonds is 4. The molecular weight excluding hydrogens is 376 g/mol. The summed E-state index contributed by atoms with van der Waals surface area (Å²) in [4.78, 5) is 0.356. The first-order valence-electron chi connectivity index (χ1n) is 8.11. The molecule has 8 nitrogen and oxygen atoms in total. The van der Waals surface area contributed by atoms with Gasteiger partial charge in [0.1, 0.15) is 4.90 Å². The third kappa shape index (κ3) is 3.07. The van der Waals surface area contributed by atoms with E-state index in [1.807, 2.05) is 0 Å². The predicted octanol–water partition coefficient (Wildman–Crippen LogP) is 1.02. The normalized spacial score (nSPS) is 16.0. The molecule has 0 fully saturated rings. The van der Waals surface area contributed by atoms with E-state index in [0.717, 1.165) is 9.87 Å². The highest BCUT2D eigenvalue weighted by molar-refractivity contribution is 7.89. The number of aryl methyl sites for hydroxylation is 2. The van der Waals surface area contributed by atoms with Gasteiger partial charge in [0.15, 0.2) is 0 Å². The second kappa shape index (κ2) is 6.45. The Labute approximate surface area is 153 Å². The fourth-order valence-electron chi connectivity index (χ4n) is 3.13. The third-order valence-electron chi connectivity index (χ3n) is 4.59. The van der Waals surface area contributed by atoms with Gasteiger partial charge in [0, 0.05) is 27.2 Å².